The molecule has 0 aliphatic rings. The van der Waals surface area contributed by atoms with E-state index < -0.39 is 0 Å². The zero-order valence-corrected chi connectivity index (χ0v) is 15.3. The van der Waals surface area contributed by atoms with Crippen molar-refractivity contribution < 1.29 is 4.79 Å². The number of thiophene rings is 1. The summed E-state index contributed by atoms with van der Waals surface area (Å²) < 4.78 is 1.37. The summed E-state index contributed by atoms with van der Waals surface area (Å²) in [4.78, 5) is 30.9. The van der Waals surface area contributed by atoms with Crippen LogP contribution in [0.25, 0.3) is 20.7 Å². The minimum atomic E-state index is -0.184. The number of nitrogens with zero attached hydrogens (tertiary/aromatic N) is 2. The van der Waals surface area contributed by atoms with Gasteiger partial charge in [0.15, 0.2) is 0 Å². The molecule has 1 atom stereocenters. The molecule has 0 bridgehead atoms. The third kappa shape index (κ3) is 3.79. The van der Waals surface area contributed by atoms with E-state index in [-0.39, 0.29) is 24.1 Å². The molecule has 3 rings (SSSR count). The van der Waals surface area contributed by atoms with Crippen molar-refractivity contribution in [3.8, 4) is 10.4 Å². The van der Waals surface area contributed by atoms with Gasteiger partial charge in [-0.05, 0) is 24.5 Å². The number of carbonyl (C=O) groups is 1. The van der Waals surface area contributed by atoms with Gasteiger partial charge in [0, 0.05) is 10.9 Å². The van der Waals surface area contributed by atoms with Gasteiger partial charge in [-0.3, -0.25) is 14.2 Å². The van der Waals surface area contributed by atoms with Gasteiger partial charge in [0.25, 0.3) is 5.56 Å². The molecule has 5 nitrogen and oxygen atoms in total. The first kappa shape index (κ1) is 17.4. The highest BCUT2D eigenvalue weighted by atomic mass is 32.1. The van der Waals surface area contributed by atoms with Crippen LogP contribution in [-0.2, 0) is 11.3 Å². The van der Waals surface area contributed by atoms with Crippen molar-refractivity contribution in [1.82, 2.24) is 14.9 Å². The van der Waals surface area contributed by atoms with Crippen molar-refractivity contribution in [2.24, 2.45) is 5.92 Å². The second-order valence-corrected chi connectivity index (χ2v) is 7.50. The molecule has 0 radical (unpaired) electrons. The molecule has 3 aromatic rings. The first-order valence-electron chi connectivity index (χ1n) is 8.29. The Labute approximate surface area is 150 Å². The number of nitrogens with one attached hydrogen (secondary N) is 1. The summed E-state index contributed by atoms with van der Waals surface area (Å²) in [5.41, 5.74) is 0.871. The quantitative estimate of drug-likeness (QED) is 0.764. The molecule has 6 heteroatoms. The van der Waals surface area contributed by atoms with Gasteiger partial charge in [0.2, 0.25) is 5.91 Å². The Morgan fingerprint density at radius 1 is 1.24 bits per heavy atom. The number of aromatic nitrogens is 2. The van der Waals surface area contributed by atoms with Crippen LogP contribution in [0.15, 0.2) is 47.5 Å². The minimum absolute atomic E-state index is 0.0185. The van der Waals surface area contributed by atoms with Gasteiger partial charge in [-0.2, -0.15) is 0 Å². The fourth-order valence-electron chi connectivity index (χ4n) is 2.44. The van der Waals surface area contributed by atoms with E-state index in [0.717, 1.165) is 10.4 Å². The van der Waals surface area contributed by atoms with E-state index in [9.17, 15) is 9.59 Å². The lowest BCUT2D eigenvalue weighted by atomic mass is 10.1. The van der Waals surface area contributed by atoms with Crippen LogP contribution in [0.5, 0.6) is 0 Å². The van der Waals surface area contributed by atoms with Gasteiger partial charge in [-0.1, -0.05) is 44.2 Å². The van der Waals surface area contributed by atoms with Gasteiger partial charge in [0.05, 0.1) is 11.7 Å². The standard InChI is InChI=1S/C19H21N3O2S/c1-12(2)13(3)21-17(23)10-22-11-20-18-15(19(22)24)9-16(25-18)14-7-5-4-6-8-14/h4-9,11-13H,10H2,1-3H3,(H,21,23)/t13-/m0/s1. The van der Waals surface area contributed by atoms with E-state index in [4.69, 9.17) is 0 Å². The summed E-state index contributed by atoms with van der Waals surface area (Å²) in [5.74, 6) is 0.162. The van der Waals surface area contributed by atoms with Gasteiger partial charge in [-0.25, -0.2) is 4.98 Å². The van der Waals surface area contributed by atoms with E-state index in [2.05, 4.69) is 10.3 Å². The fraction of sp³-hybridized carbons (Fsp3) is 0.316. The number of hydrogen-bond acceptors (Lipinski definition) is 4. The van der Waals surface area contributed by atoms with Crippen LogP contribution in [0.3, 0.4) is 0 Å². The molecule has 2 heterocycles. The second kappa shape index (κ2) is 7.19. The molecular weight excluding hydrogens is 334 g/mol. The van der Waals surface area contributed by atoms with Crippen LogP contribution in [0.2, 0.25) is 0 Å². The molecule has 0 fully saturated rings. The molecule has 0 spiro atoms. The smallest absolute Gasteiger partial charge is 0.262 e. The highest BCUT2D eigenvalue weighted by molar-refractivity contribution is 7.21. The summed E-state index contributed by atoms with van der Waals surface area (Å²) in [6.45, 7) is 6.02. The van der Waals surface area contributed by atoms with E-state index in [1.165, 1.54) is 22.2 Å². The maximum atomic E-state index is 12.7. The van der Waals surface area contributed by atoms with Crippen molar-refractivity contribution in [2.75, 3.05) is 0 Å². The van der Waals surface area contributed by atoms with Crippen LogP contribution in [-0.4, -0.2) is 21.5 Å². The van der Waals surface area contributed by atoms with Gasteiger partial charge >= 0.3 is 0 Å². The molecule has 0 saturated heterocycles. The lowest BCUT2D eigenvalue weighted by molar-refractivity contribution is -0.122. The minimum Gasteiger partial charge on any atom is -0.352 e. The Morgan fingerprint density at radius 2 is 1.96 bits per heavy atom. The van der Waals surface area contributed by atoms with Gasteiger partial charge in [0.1, 0.15) is 11.4 Å². The monoisotopic (exact) mass is 355 g/mol. The number of carbonyl (C=O) groups excluding carboxylic acids is 1. The lowest BCUT2D eigenvalue weighted by Gasteiger charge is -2.17. The predicted molar refractivity (Wildman–Crippen MR) is 102 cm³/mol. The topological polar surface area (TPSA) is 64.0 Å². The van der Waals surface area contributed by atoms with Crippen LogP contribution in [0, 0.1) is 5.92 Å². The van der Waals surface area contributed by atoms with Crippen molar-refractivity contribution in [2.45, 2.75) is 33.4 Å². The molecule has 0 aliphatic carbocycles. The highest BCUT2D eigenvalue weighted by Crippen LogP contribution is 2.30. The molecule has 1 aromatic carbocycles. The molecule has 0 aliphatic heterocycles. The van der Waals surface area contributed by atoms with E-state index in [1.807, 2.05) is 57.2 Å². The lowest BCUT2D eigenvalue weighted by Crippen LogP contribution is -2.39. The highest BCUT2D eigenvalue weighted by Gasteiger charge is 2.14. The number of hydrogen-bond donors (Lipinski definition) is 1. The molecule has 130 valence electrons. The fourth-order valence-corrected chi connectivity index (χ4v) is 3.43. The first-order chi connectivity index (χ1) is 12.0. The molecule has 1 N–H and O–H groups in total. The summed E-state index contributed by atoms with van der Waals surface area (Å²) in [6.07, 6.45) is 1.45. The van der Waals surface area contributed by atoms with Crippen molar-refractivity contribution in [3.63, 3.8) is 0 Å². The van der Waals surface area contributed by atoms with Crippen LogP contribution < -0.4 is 10.9 Å². The Morgan fingerprint density at radius 3 is 2.64 bits per heavy atom. The van der Waals surface area contributed by atoms with Crippen LogP contribution in [0.4, 0.5) is 0 Å². The zero-order chi connectivity index (χ0) is 18.0. The Kier molecular flexibility index (Phi) is 4.99. The number of amides is 1. The molecule has 2 aromatic heterocycles. The average Bonchev–Trinajstić information content (AvgIpc) is 3.03. The summed E-state index contributed by atoms with van der Waals surface area (Å²) in [6, 6.07) is 11.8. The predicted octanol–water partition coefficient (Wildman–Crippen LogP) is 3.29. The Bertz CT molecular complexity index is 944. The number of fused-ring (bicyclic) bond motifs is 1. The van der Waals surface area contributed by atoms with Crippen molar-refractivity contribution in [1.29, 1.82) is 0 Å². The maximum Gasteiger partial charge on any atom is 0.262 e. The van der Waals surface area contributed by atoms with E-state index in [0.29, 0.717) is 16.1 Å². The maximum absolute atomic E-state index is 12.7. The zero-order valence-electron chi connectivity index (χ0n) is 14.5. The first-order valence-corrected chi connectivity index (χ1v) is 9.11. The average molecular weight is 355 g/mol. The van der Waals surface area contributed by atoms with Crippen LogP contribution >= 0.6 is 11.3 Å². The number of benzene rings is 1. The van der Waals surface area contributed by atoms with Crippen molar-refractivity contribution in [3.05, 3.63) is 53.1 Å². The third-order valence-corrected chi connectivity index (χ3v) is 5.37. The number of rotatable bonds is 5. The van der Waals surface area contributed by atoms with Crippen molar-refractivity contribution >= 4 is 27.5 Å². The summed E-state index contributed by atoms with van der Waals surface area (Å²) in [7, 11) is 0. The third-order valence-electron chi connectivity index (χ3n) is 4.28. The Balaban J connectivity index is 1.87. The van der Waals surface area contributed by atoms with E-state index >= 15 is 0 Å². The van der Waals surface area contributed by atoms with Crippen LogP contribution in [0.1, 0.15) is 20.8 Å². The molecule has 25 heavy (non-hydrogen) atoms. The second-order valence-electron chi connectivity index (χ2n) is 6.47. The molecule has 0 unspecified atom stereocenters. The summed E-state index contributed by atoms with van der Waals surface area (Å²) >= 11 is 1.48. The largest absolute Gasteiger partial charge is 0.352 e. The normalized spacial score (nSPS) is 12.5. The molecule has 0 saturated carbocycles. The molecular formula is C19H21N3O2S. The molecule has 1 amide bonds. The summed E-state index contributed by atoms with van der Waals surface area (Å²) in [5, 5.41) is 3.46. The van der Waals surface area contributed by atoms with Gasteiger partial charge in [-0.15, -0.1) is 11.3 Å². The SMILES string of the molecule is CC(C)[C@H](C)NC(=O)Cn1cnc2sc(-c3ccccc3)cc2c1=O. The Hall–Kier alpha value is -2.47. The van der Waals surface area contributed by atoms with E-state index in [1.54, 1.807) is 0 Å². The van der Waals surface area contributed by atoms with Gasteiger partial charge < -0.3 is 5.32 Å².